The van der Waals surface area contributed by atoms with E-state index in [9.17, 15) is 0 Å². The number of benzene rings is 6. The van der Waals surface area contributed by atoms with Crippen molar-refractivity contribution in [2.24, 2.45) is 0 Å². The first-order chi connectivity index (χ1) is 16.8. The van der Waals surface area contributed by atoms with Gasteiger partial charge in [-0.2, -0.15) is 0 Å². The minimum absolute atomic E-state index is 1.02. The van der Waals surface area contributed by atoms with Crippen LogP contribution in [0.25, 0.3) is 65.6 Å². The lowest BCUT2D eigenvalue weighted by atomic mass is 9.89. The molecule has 0 fully saturated rings. The standard InChI is InChI=1S/C33H21N/c1-3-9-24-19-26(15-13-22(24)7-1)29-17-18-32-30(21-27-11-5-6-12-31(27)34-32)33(29)28-16-14-23-8-2-4-10-25(23)20-28/h1-21H. The molecule has 1 aromatic heterocycles. The fourth-order valence-corrected chi connectivity index (χ4v) is 5.10. The van der Waals surface area contributed by atoms with E-state index < -0.39 is 0 Å². The summed E-state index contributed by atoms with van der Waals surface area (Å²) in [5.41, 5.74) is 6.94. The van der Waals surface area contributed by atoms with Crippen molar-refractivity contribution >= 4 is 43.4 Å². The van der Waals surface area contributed by atoms with Gasteiger partial charge in [-0.25, -0.2) is 4.98 Å². The van der Waals surface area contributed by atoms with Crippen LogP contribution in [0.3, 0.4) is 0 Å². The molecule has 0 N–H and O–H groups in total. The molecule has 7 rings (SSSR count). The van der Waals surface area contributed by atoms with Crippen LogP contribution in [-0.4, -0.2) is 4.98 Å². The first-order valence-corrected chi connectivity index (χ1v) is 11.6. The Labute approximate surface area is 197 Å². The molecule has 7 aromatic rings. The van der Waals surface area contributed by atoms with Gasteiger partial charge in [0, 0.05) is 10.8 Å². The van der Waals surface area contributed by atoms with Gasteiger partial charge in [0.2, 0.25) is 0 Å². The summed E-state index contributed by atoms with van der Waals surface area (Å²) in [6.45, 7) is 0. The number of aromatic nitrogens is 1. The van der Waals surface area contributed by atoms with E-state index in [2.05, 4.69) is 127 Å². The molecule has 34 heavy (non-hydrogen) atoms. The molecule has 0 unspecified atom stereocenters. The van der Waals surface area contributed by atoms with Gasteiger partial charge in [-0.1, -0.05) is 97.1 Å². The normalized spacial score (nSPS) is 11.5. The zero-order valence-electron chi connectivity index (χ0n) is 18.6. The summed E-state index contributed by atoms with van der Waals surface area (Å²) in [4.78, 5) is 5.01. The third kappa shape index (κ3) is 3.06. The van der Waals surface area contributed by atoms with Gasteiger partial charge in [0.1, 0.15) is 0 Å². The van der Waals surface area contributed by atoms with Crippen molar-refractivity contribution in [2.45, 2.75) is 0 Å². The van der Waals surface area contributed by atoms with E-state index in [1.807, 2.05) is 0 Å². The van der Waals surface area contributed by atoms with Crippen LogP contribution >= 0.6 is 0 Å². The van der Waals surface area contributed by atoms with Gasteiger partial charge in [0.25, 0.3) is 0 Å². The van der Waals surface area contributed by atoms with Crippen molar-refractivity contribution in [1.82, 2.24) is 4.98 Å². The first-order valence-electron chi connectivity index (χ1n) is 11.6. The van der Waals surface area contributed by atoms with Gasteiger partial charge in [-0.05, 0) is 74.1 Å². The summed E-state index contributed by atoms with van der Waals surface area (Å²) in [5, 5.41) is 7.35. The van der Waals surface area contributed by atoms with E-state index in [1.165, 1.54) is 49.2 Å². The highest BCUT2D eigenvalue weighted by Crippen LogP contribution is 2.40. The smallest absolute Gasteiger partial charge is 0.0716 e. The topological polar surface area (TPSA) is 12.9 Å². The fourth-order valence-electron chi connectivity index (χ4n) is 5.10. The highest BCUT2D eigenvalue weighted by Gasteiger charge is 2.14. The van der Waals surface area contributed by atoms with Crippen molar-refractivity contribution in [3.05, 3.63) is 127 Å². The molecule has 158 valence electrons. The molecule has 0 aliphatic rings. The van der Waals surface area contributed by atoms with E-state index in [1.54, 1.807) is 0 Å². The number of pyridine rings is 1. The summed E-state index contributed by atoms with van der Waals surface area (Å²) in [6, 6.07) is 45.7. The second-order valence-corrected chi connectivity index (χ2v) is 8.86. The van der Waals surface area contributed by atoms with E-state index in [4.69, 9.17) is 4.98 Å². The molecule has 0 radical (unpaired) electrons. The van der Waals surface area contributed by atoms with Gasteiger partial charge in [0.15, 0.2) is 0 Å². The lowest BCUT2D eigenvalue weighted by Gasteiger charge is -2.16. The van der Waals surface area contributed by atoms with Gasteiger partial charge in [-0.3, -0.25) is 0 Å². The minimum Gasteiger partial charge on any atom is -0.248 e. The molecule has 0 aliphatic heterocycles. The SMILES string of the molecule is c1ccc2cc(-c3ccc4nc5ccccc5cc4c3-c3ccc4ccccc4c3)ccc2c1. The lowest BCUT2D eigenvalue weighted by molar-refractivity contribution is 1.49. The second-order valence-electron chi connectivity index (χ2n) is 8.86. The molecular weight excluding hydrogens is 410 g/mol. The van der Waals surface area contributed by atoms with Crippen LogP contribution in [0.5, 0.6) is 0 Å². The highest BCUT2D eigenvalue weighted by molar-refractivity contribution is 6.08. The molecule has 0 spiro atoms. The summed E-state index contributed by atoms with van der Waals surface area (Å²) >= 11 is 0. The number of fused-ring (bicyclic) bond motifs is 4. The largest absolute Gasteiger partial charge is 0.248 e. The molecule has 6 aromatic carbocycles. The summed E-state index contributed by atoms with van der Waals surface area (Å²) in [6.07, 6.45) is 0. The average Bonchev–Trinajstić information content (AvgIpc) is 2.90. The van der Waals surface area contributed by atoms with Gasteiger partial charge in [0.05, 0.1) is 11.0 Å². The van der Waals surface area contributed by atoms with Gasteiger partial charge >= 0.3 is 0 Å². The zero-order chi connectivity index (χ0) is 22.5. The van der Waals surface area contributed by atoms with Crippen molar-refractivity contribution in [1.29, 1.82) is 0 Å². The number of nitrogens with zero attached hydrogens (tertiary/aromatic N) is 1. The predicted molar refractivity (Wildman–Crippen MR) is 145 cm³/mol. The third-order valence-corrected chi connectivity index (χ3v) is 6.80. The zero-order valence-corrected chi connectivity index (χ0v) is 18.6. The molecule has 0 saturated carbocycles. The van der Waals surface area contributed by atoms with Crippen LogP contribution in [0.15, 0.2) is 127 Å². The van der Waals surface area contributed by atoms with Gasteiger partial charge < -0.3 is 0 Å². The monoisotopic (exact) mass is 431 g/mol. The maximum Gasteiger partial charge on any atom is 0.0716 e. The highest BCUT2D eigenvalue weighted by atomic mass is 14.7. The maximum atomic E-state index is 5.01. The number of hydrogen-bond donors (Lipinski definition) is 0. The third-order valence-electron chi connectivity index (χ3n) is 6.80. The van der Waals surface area contributed by atoms with Crippen molar-refractivity contribution in [3.8, 4) is 22.3 Å². The molecule has 1 heteroatoms. The van der Waals surface area contributed by atoms with Crippen LogP contribution in [0.1, 0.15) is 0 Å². The summed E-state index contributed by atoms with van der Waals surface area (Å²) in [5.74, 6) is 0. The quantitative estimate of drug-likeness (QED) is 0.249. The molecule has 0 bridgehead atoms. The second kappa shape index (κ2) is 7.54. The van der Waals surface area contributed by atoms with Crippen LogP contribution in [0.4, 0.5) is 0 Å². The van der Waals surface area contributed by atoms with E-state index in [-0.39, 0.29) is 0 Å². The summed E-state index contributed by atoms with van der Waals surface area (Å²) < 4.78 is 0. The van der Waals surface area contributed by atoms with Crippen molar-refractivity contribution in [2.75, 3.05) is 0 Å². The Morgan fingerprint density at radius 2 is 0.971 bits per heavy atom. The molecular formula is C33H21N. The first kappa shape index (κ1) is 19.0. The fraction of sp³-hybridized carbons (Fsp3) is 0. The van der Waals surface area contributed by atoms with Crippen LogP contribution in [-0.2, 0) is 0 Å². The van der Waals surface area contributed by atoms with E-state index >= 15 is 0 Å². The Morgan fingerprint density at radius 3 is 1.71 bits per heavy atom. The number of rotatable bonds is 2. The maximum absolute atomic E-state index is 5.01. The molecule has 0 aliphatic carbocycles. The Kier molecular flexibility index (Phi) is 4.22. The van der Waals surface area contributed by atoms with Crippen molar-refractivity contribution in [3.63, 3.8) is 0 Å². The molecule has 1 nitrogen and oxygen atoms in total. The minimum atomic E-state index is 1.02. The van der Waals surface area contributed by atoms with Crippen LogP contribution in [0, 0.1) is 0 Å². The summed E-state index contributed by atoms with van der Waals surface area (Å²) in [7, 11) is 0. The van der Waals surface area contributed by atoms with Crippen molar-refractivity contribution < 1.29 is 0 Å². The van der Waals surface area contributed by atoms with E-state index in [0.717, 1.165) is 16.4 Å². The lowest BCUT2D eigenvalue weighted by Crippen LogP contribution is -1.91. The van der Waals surface area contributed by atoms with E-state index in [0.29, 0.717) is 0 Å². The van der Waals surface area contributed by atoms with Gasteiger partial charge in [-0.15, -0.1) is 0 Å². The van der Waals surface area contributed by atoms with Crippen LogP contribution < -0.4 is 0 Å². The molecule has 0 amide bonds. The van der Waals surface area contributed by atoms with Crippen LogP contribution in [0.2, 0.25) is 0 Å². The Balaban J connectivity index is 1.58. The molecule has 0 saturated heterocycles. The Hall–Kier alpha value is -4.49. The Bertz CT molecular complexity index is 1860. The molecule has 0 atom stereocenters. The molecule has 1 heterocycles. The predicted octanol–water partition coefficient (Wildman–Crippen LogP) is 9.03. The number of hydrogen-bond acceptors (Lipinski definition) is 1. The number of para-hydroxylation sites is 1. The Morgan fingerprint density at radius 1 is 0.382 bits per heavy atom. The average molecular weight is 432 g/mol.